The molecule has 1 saturated heterocycles. The Hall–Kier alpha value is -0.860. The van der Waals surface area contributed by atoms with Crippen LogP contribution in [0.15, 0.2) is 29.3 Å². The number of fused-ring (bicyclic) bond motifs is 1. The molecule has 0 atom stereocenters. The van der Waals surface area contributed by atoms with E-state index in [9.17, 15) is 0 Å². The highest BCUT2D eigenvalue weighted by atomic mass is 127. The average molecular weight is 445 g/mol. The van der Waals surface area contributed by atoms with Crippen molar-refractivity contribution in [2.75, 3.05) is 40.5 Å². The van der Waals surface area contributed by atoms with Crippen LogP contribution in [0.2, 0.25) is 0 Å². The Bertz CT molecular complexity index is 559. The molecule has 2 aliphatic heterocycles. The number of nitrogens with zero attached hydrogens (tertiary/aromatic N) is 2. The number of ether oxygens (including phenoxy) is 2. The number of nitrogens with one attached hydrogen (secondary N) is 1. The Morgan fingerprint density at radius 1 is 1.29 bits per heavy atom. The molecule has 6 heteroatoms. The van der Waals surface area contributed by atoms with E-state index in [1.165, 1.54) is 11.1 Å². The average Bonchev–Trinajstić information content (AvgIpc) is 2.63. The van der Waals surface area contributed by atoms with Gasteiger partial charge in [0.25, 0.3) is 0 Å². The molecule has 1 fully saturated rings. The third-order valence-corrected chi connectivity index (χ3v) is 5.05. The minimum Gasteiger partial charge on any atom is -0.381 e. The van der Waals surface area contributed by atoms with E-state index in [2.05, 4.69) is 39.5 Å². The van der Waals surface area contributed by atoms with Gasteiger partial charge in [0.2, 0.25) is 0 Å². The van der Waals surface area contributed by atoms with Crippen LogP contribution in [0.25, 0.3) is 0 Å². The van der Waals surface area contributed by atoms with E-state index in [1.54, 1.807) is 7.11 Å². The normalized spacial score (nSPS) is 20.1. The van der Waals surface area contributed by atoms with Crippen LogP contribution in [-0.4, -0.2) is 56.9 Å². The Balaban J connectivity index is 0.00000208. The molecule has 2 heterocycles. The molecule has 5 nitrogen and oxygen atoms in total. The van der Waals surface area contributed by atoms with Crippen LogP contribution in [0.1, 0.15) is 24.0 Å². The van der Waals surface area contributed by atoms with E-state index in [4.69, 9.17) is 9.47 Å². The molecule has 0 aliphatic carbocycles. The largest absolute Gasteiger partial charge is 0.381 e. The molecule has 24 heavy (non-hydrogen) atoms. The fraction of sp³-hybridized carbons (Fsp3) is 0.611. The van der Waals surface area contributed by atoms with Gasteiger partial charge in [-0.3, -0.25) is 4.99 Å². The van der Waals surface area contributed by atoms with Crippen molar-refractivity contribution in [1.82, 2.24) is 10.2 Å². The quantitative estimate of drug-likeness (QED) is 0.441. The zero-order chi connectivity index (χ0) is 16.1. The summed E-state index contributed by atoms with van der Waals surface area (Å²) in [6, 6.07) is 8.67. The van der Waals surface area contributed by atoms with Gasteiger partial charge in [0.15, 0.2) is 5.96 Å². The van der Waals surface area contributed by atoms with E-state index in [-0.39, 0.29) is 29.6 Å². The van der Waals surface area contributed by atoms with Crippen molar-refractivity contribution in [2.45, 2.75) is 31.4 Å². The molecule has 0 saturated carbocycles. The molecule has 1 aromatic rings. The number of halogens is 1. The van der Waals surface area contributed by atoms with Crippen LogP contribution < -0.4 is 5.32 Å². The molecular formula is C18H28IN3O2. The van der Waals surface area contributed by atoms with Gasteiger partial charge in [-0.1, -0.05) is 24.3 Å². The smallest absolute Gasteiger partial charge is 0.194 e. The molecule has 134 valence electrons. The van der Waals surface area contributed by atoms with Crippen LogP contribution in [-0.2, 0) is 22.4 Å². The predicted molar refractivity (Wildman–Crippen MR) is 107 cm³/mol. The summed E-state index contributed by atoms with van der Waals surface area (Å²) < 4.78 is 11.3. The Labute approximate surface area is 161 Å². The molecule has 0 aromatic heterocycles. The van der Waals surface area contributed by atoms with Gasteiger partial charge in [0.05, 0.1) is 5.60 Å². The number of guanidine groups is 1. The van der Waals surface area contributed by atoms with Gasteiger partial charge in [0, 0.05) is 59.8 Å². The van der Waals surface area contributed by atoms with Gasteiger partial charge in [0.1, 0.15) is 0 Å². The third-order valence-electron chi connectivity index (χ3n) is 5.05. The highest BCUT2D eigenvalue weighted by molar-refractivity contribution is 14.0. The SMILES string of the molecule is CN=C(NCC1(OC)CCOCC1)N1CCc2ccccc2C1.I. The van der Waals surface area contributed by atoms with Crippen molar-refractivity contribution < 1.29 is 9.47 Å². The molecule has 2 aliphatic rings. The van der Waals surface area contributed by atoms with E-state index < -0.39 is 0 Å². The van der Waals surface area contributed by atoms with Crippen LogP contribution in [0, 0.1) is 0 Å². The molecule has 0 amide bonds. The standard InChI is InChI=1S/C18H27N3O2.HI/c1-19-17(20-14-18(22-2)8-11-23-12-9-18)21-10-7-15-5-3-4-6-16(15)13-21;/h3-6H,7-14H2,1-2H3,(H,19,20);1H. The van der Waals surface area contributed by atoms with Gasteiger partial charge >= 0.3 is 0 Å². The summed E-state index contributed by atoms with van der Waals surface area (Å²) in [5.74, 6) is 0.961. The first-order valence-electron chi connectivity index (χ1n) is 8.42. The zero-order valence-corrected chi connectivity index (χ0v) is 16.9. The Kier molecular flexibility index (Phi) is 7.31. The molecule has 1 aromatic carbocycles. The van der Waals surface area contributed by atoms with E-state index in [0.717, 1.165) is 58.1 Å². The molecule has 0 unspecified atom stereocenters. The van der Waals surface area contributed by atoms with Crippen LogP contribution in [0.3, 0.4) is 0 Å². The maximum atomic E-state index is 5.80. The van der Waals surface area contributed by atoms with E-state index in [1.807, 2.05) is 7.05 Å². The van der Waals surface area contributed by atoms with Gasteiger partial charge in [-0.2, -0.15) is 0 Å². The lowest BCUT2D eigenvalue weighted by molar-refractivity contribution is -0.0857. The van der Waals surface area contributed by atoms with Crippen molar-refractivity contribution in [1.29, 1.82) is 0 Å². The molecular weight excluding hydrogens is 417 g/mol. The summed E-state index contributed by atoms with van der Waals surface area (Å²) in [5.41, 5.74) is 2.72. The number of hydrogen-bond donors (Lipinski definition) is 1. The lowest BCUT2D eigenvalue weighted by Crippen LogP contribution is -2.52. The summed E-state index contributed by atoms with van der Waals surface area (Å²) in [6.45, 7) is 4.23. The van der Waals surface area contributed by atoms with Crippen LogP contribution >= 0.6 is 24.0 Å². The van der Waals surface area contributed by atoms with Gasteiger partial charge in [-0.25, -0.2) is 0 Å². The number of methoxy groups -OCH3 is 1. The first-order chi connectivity index (χ1) is 11.3. The second-order valence-electron chi connectivity index (χ2n) is 6.34. The highest BCUT2D eigenvalue weighted by Gasteiger charge is 2.33. The minimum absolute atomic E-state index is 0. The monoisotopic (exact) mass is 445 g/mol. The topological polar surface area (TPSA) is 46.1 Å². The van der Waals surface area contributed by atoms with Crippen molar-refractivity contribution in [3.8, 4) is 0 Å². The van der Waals surface area contributed by atoms with E-state index in [0.29, 0.717) is 0 Å². The maximum Gasteiger partial charge on any atom is 0.194 e. The molecule has 0 radical (unpaired) electrons. The zero-order valence-electron chi connectivity index (χ0n) is 14.6. The number of rotatable bonds is 3. The predicted octanol–water partition coefficient (Wildman–Crippen LogP) is 2.43. The number of benzene rings is 1. The second-order valence-corrected chi connectivity index (χ2v) is 6.34. The lowest BCUT2D eigenvalue weighted by atomic mass is 9.94. The number of hydrogen-bond acceptors (Lipinski definition) is 3. The first kappa shape index (κ1) is 19.5. The minimum atomic E-state index is -0.137. The van der Waals surface area contributed by atoms with Crippen molar-refractivity contribution in [3.63, 3.8) is 0 Å². The third kappa shape index (κ3) is 4.40. The lowest BCUT2D eigenvalue weighted by Gasteiger charge is -2.38. The fourth-order valence-corrected chi connectivity index (χ4v) is 3.45. The van der Waals surface area contributed by atoms with Gasteiger partial charge in [-0.15, -0.1) is 24.0 Å². The summed E-state index contributed by atoms with van der Waals surface area (Å²) in [7, 11) is 3.65. The van der Waals surface area contributed by atoms with Crippen molar-refractivity contribution in [3.05, 3.63) is 35.4 Å². The van der Waals surface area contributed by atoms with E-state index >= 15 is 0 Å². The van der Waals surface area contributed by atoms with Crippen LogP contribution in [0.5, 0.6) is 0 Å². The molecule has 0 spiro atoms. The molecule has 0 bridgehead atoms. The Morgan fingerprint density at radius 3 is 2.67 bits per heavy atom. The maximum absolute atomic E-state index is 5.80. The van der Waals surface area contributed by atoms with Gasteiger partial charge in [-0.05, 0) is 17.5 Å². The summed E-state index contributed by atoms with van der Waals surface area (Å²) in [4.78, 5) is 6.80. The first-order valence-corrected chi connectivity index (χ1v) is 8.42. The highest BCUT2D eigenvalue weighted by Crippen LogP contribution is 2.24. The van der Waals surface area contributed by atoms with Crippen LogP contribution in [0.4, 0.5) is 0 Å². The summed E-state index contributed by atoms with van der Waals surface area (Å²) >= 11 is 0. The molecule has 1 N–H and O–H groups in total. The fourth-order valence-electron chi connectivity index (χ4n) is 3.45. The summed E-state index contributed by atoms with van der Waals surface area (Å²) in [5, 5.41) is 3.53. The van der Waals surface area contributed by atoms with Crippen molar-refractivity contribution >= 4 is 29.9 Å². The number of aliphatic imine (C=N–C) groups is 1. The summed E-state index contributed by atoms with van der Waals surface area (Å²) in [6.07, 6.45) is 2.92. The van der Waals surface area contributed by atoms with Gasteiger partial charge < -0.3 is 19.7 Å². The van der Waals surface area contributed by atoms with Crippen molar-refractivity contribution in [2.24, 2.45) is 4.99 Å². The Morgan fingerprint density at radius 2 is 2.00 bits per heavy atom. The molecule has 3 rings (SSSR count). The second kappa shape index (κ2) is 9.01.